The van der Waals surface area contributed by atoms with Crippen molar-refractivity contribution in [2.45, 2.75) is 32.6 Å². The highest BCUT2D eigenvalue weighted by Gasteiger charge is 2.08. The van der Waals surface area contributed by atoms with Gasteiger partial charge in [0.05, 0.1) is 0 Å². The van der Waals surface area contributed by atoms with Gasteiger partial charge in [-0.3, -0.25) is 0 Å². The minimum Gasteiger partial charge on any atom is -0.330 e. The van der Waals surface area contributed by atoms with Crippen molar-refractivity contribution in [1.82, 2.24) is 9.97 Å². The van der Waals surface area contributed by atoms with E-state index in [9.17, 15) is 0 Å². The summed E-state index contributed by atoms with van der Waals surface area (Å²) in [4.78, 5) is 8.65. The quantitative estimate of drug-likeness (QED) is 0.767. The molecular formula is C10H17N3. The highest BCUT2D eigenvalue weighted by molar-refractivity contribution is 5.08. The zero-order valence-electron chi connectivity index (χ0n) is 8.49. The molecule has 0 amide bonds. The maximum Gasteiger partial charge on any atom is 0.132 e. The third-order valence-corrected chi connectivity index (χ3v) is 2.08. The summed E-state index contributed by atoms with van der Waals surface area (Å²) in [7, 11) is 0. The van der Waals surface area contributed by atoms with Crippen molar-refractivity contribution in [2.75, 3.05) is 6.54 Å². The molecule has 0 fully saturated rings. The summed E-state index contributed by atoms with van der Waals surface area (Å²) in [6.07, 6.45) is 1.81. The lowest BCUT2D eigenvalue weighted by Gasteiger charge is -2.09. The van der Waals surface area contributed by atoms with Crippen LogP contribution in [0.5, 0.6) is 0 Å². The first-order valence-corrected chi connectivity index (χ1v) is 4.68. The first-order valence-electron chi connectivity index (χ1n) is 4.68. The monoisotopic (exact) mass is 179 g/mol. The third kappa shape index (κ3) is 2.49. The maximum atomic E-state index is 5.55. The van der Waals surface area contributed by atoms with Crippen LogP contribution >= 0.6 is 0 Å². The number of nitrogens with two attached hydrogens (primary N) is 1. The minimum absolute atomic E-state index is 0.249. The van der Waals surface area contributed by atoms with Crippen molar-refractivity contribution in [1.29, 1.82) is 0 Å². The Morgan fingerprint density at radius 2 is 2.08 bits per heavy atom. The molecule has 2 N–H and O–H groups in total. The summed E-state index contributed by atoms with van der Waals surface area (Å²) >= 11 is 0. The first kappa shape index (κ1) is 10.1. The number of rotatable bonds is 3. The average Bonchev–Trinajstić information content (AvgIpc) is 2.17. The molecule has 0 saturated heterocycles. The minimum atomic E-state index is 0.249. The standard InChI is InChI=1S/C10H17N3/c1-7(2)9-4-5-12-10(13-9)8(3)6-11/h4-5,7-8H,6,11H2,1-3H3. The van der Waals surface area contributed by atoms with E-state index in [-0.39, 0.29) is 5.92 Å². The molecule has 0 aliphatic rings. The summed E-state index contributed by atoms with van der Waals surface area (Å²) in [5, 5.41) is 0. The van der Waals surface area contributed by atoms with Crippen molar-refractivity contribution >= 4 is 0 Å². The lowest BCUT2D eigenvalue weighted by molar-refractivity contribution is 0.688. The van der Waals surface area contributed by atoms with Gasteiger partial charge in [0, 0.05) is 24.4 Å². The lowest BCUT2D eigenvalue weighted by atomic mass is 10.1. The smallest absolute Gasteiger partial charge is 0.132 e. The van der Waals surface area contributed by atoms with E-state index in [1.165, 1.54) is 0 Å². The van der Waals surface area contributed by atoms with Gasteiger partial charge < -0.3 is 5.73 Å². The predicted octanol–water partition coefficient (Wildman–Crippen LogP) is 1.66. The van der Waals surface area contributed by atoms with Gasteiger partial charge in [0.25, 0.3) is 0 Å². The van der Waals surface area contributed by atoms with Crippen LogP contribution in [0.1, 0.15) is 44.1 Å². The Hall–Kier alpha value is -0.960. The van der Waals surface area contributed by atoms with Crippen LogP contribution in [0.2, 0.25) is 0 Å². The van der Waals surface area contributed by atoms with Crippen molar-refractivity contribution in [3.8, 4) is 0 Å². The molecule has 1 rings (SSSR count). The molecule has 1 heterocycles. The topological polar surface area (TPSA) is 51.8 Å². The Bertz CT molecular complexity index is 271. The van der Waals surface area contributed by atoms with Crippen LogP contribution in [-0.4, -0.2) is 16.5 Å². The van der Waals surface area contributed by atoms with Crippen molar-refractivity contribution < 1.29 is 0 Å². The largest absolute Gasteiger partial charge is 0.330 e. The second kappa shape index (κ2) is 4.33. The fourth-order valence-corrected chi connectivity index (χ4v) is 1.05. The first-order chi connectivity index (χ1) is 6.15. The molecule has 3 nitrogen and oxygen atoms in total. The van der Waals surface area contributed by atoms with E-state index in [0.717, 1.165) is 11.5 Å². The maximum absolute atomic E-state index is 5.55. The molecule has 0 aromatic carbocycles. The molecule has 1 unspecified atom stereocenters. The molecule has 13 heavy (non-hydrogen) atoms. The summed E-state index contributed by atoms with van der Waals surface area (Å²) in [5.41, 5.74) is 6.64. The van der Waals surface area contributed by atoms with Crippen molar-refractivity contribution in [3.63, 3.8) is 0 Å². The van der Waals surface area contributed by atoms with Gasteiger partial charge in [-0.25, -0.2) is 9.97 Å². The van der Waals surface area contributed by atoms with Crippen molar-refractivity contribution in [2.24, 2.45) is 5.73 Å². The van der Waals surface area contributed by atoms with Crippen LogP contribution in [0.3, 0.4) is 0 Å². The molecule has 1 aromatic rings. The molecule has 0 spiro atoms. The fourth-order valence-electron chi connectivity index (χ4n) is 1.05. The van der Waals surface area contributed by atoms with Crippen LogP contribution in [0.4, 0.5) is 0 Å². The van der Waals surface area contributed by atoms with Gasteiger partial charge in [0.1, 0.15) is 5.82 Å². The molecule has 3 heteroatoms. The van der Waals surface area contributed by atoms with E-state index in [1.54, 1.807) is 0 Å². The van der Waals surface area contributed by atoms with E-state index in [2.05, 4.69) is 23.8 Å². The Kier molecular flexibility index (Phi) is 3.37. The number of nitrogens with zero attached hydrogens (tertiary/aromatic N) is 2. The molecule has 0 saturated carbocycles. The van der Waals surface area contributed by atoms with E-state index in [0.29, 0.717) is 12.5 Å². The Labute approximate surface area is 79.4 Å². The van der Waals surface area contributed by atoms with Gasteiger partial charge in [-0.15, -0.1) is 0 Å². The number of hydrogen-bond donors (Lipinski definition) is 1. The molecule has 0 aliphatic carbocycles. The summed E-state index contributed by atoms with van der Waals surface area (Å²) in [5.74, 6) is 1.55. The SMILES string of the molecule is CC(C)c1ccnc(C(C)CN)n1. The molecule has 1 atom stereocenters. The molecule has 0 bridgehead atoms. The van der Waals surface area contributed by atoms with Crippen LogP contribution < -0.4 is 5.73 Å². The summed E-state index contributed by atoms with van der Waals surface area (Å²) in [6.45, 7) is 6.89. The van der Waals surface area contributed by atoms with Gasteiger partial charge in [-0.1, -0.05) is 20.8 Å². The van der Waals surface area contributed by atoms with E-state index >= 15 is 0 Å². The van der Waals surface area contributed by atoms with E-state index in [1.807, 2.05) is 19.2 Å². The number of hydrogen-bond acceptors (Lipinski definition) is 3. The second-order valence-corrected chi connectivity index (χ2v) is 3.63. The lowest BCUT2D eigenvalue weighted by Crippen LogP contribution is -2.13. The zero-order valence-corrected chi connectivity index (χ0v) is 8.49. The number of aromatic nitrogens is 2. The zero-order chi connectivity index (χ0) is 9.84. The van der Waals surface area contributed by atoms with E-state index in [4.69, 9.17) is 5.73 Å². The highest BCUT2D eigenvalue weighted by atomic mass is 14.9. The molecule has 1 aromatic heterocycles. The summed E-state index contributed by atoms with van der Waals surface area (Å²) < 4.78 is 0. The van der Waals surface area contributed by atoms with Gasteiger partial charge in [-0.2, -0.15) is 0 Å². The van der Waals surface area contributed by atoms with Crippen LogP contribution in [0, 0.1) is 0 Å². The van der Waals surface area contributed by atoms with Gasteiger partial charge in [0.15, 0.2) is 0 Å². The molecule has 0 radical (unpaired) electrons. The Morgan fingerprint density at radius 3 is 2.62 bits per heavy atom. The average molecular weight is 179 g/mol. The normalized spacial score (nSPS) is 13.3. The van der Waals surface area contributed by atoms with Crippen molar-refractivity contribution in [3.05, 3.63) is 23.8 Å². The predicted molar refractivity (Wildman–Crippen MR) is 53.6 cm³/mol. The van der Waals surface area contributed by atoms with E-state index < -0.39 is 0 Å². The second-order valence-electron chi connectivity index (χ2n) is 3.63. The molecular weight excluding hydrogens is 162 g/mol. The fraction of sp³-hybridized carbons (Fsp3) is 0.600. The Morgan fingerprint density at radius 1 is 1.38 bits per heavy atom. The van der Waals surface area contributed by atoms with Gasteiger partial charge in [-0.05, 0) is 12.0 Å². The Balaban J connectivity index is 2.91. The third-order valence-electron chi connectivity index (χ3n) is 2.08. The van der Waals surface area contributed by atoms with Crippen LogP contribution in [0.25, 0.3) is 0 Å². The van der Waals surface area contributed by atoms with Gasteiger partial charge in [0.2, 0.25) is 0 Å². The summed E-state index contributed by atoms with van der Waals surface area (Å²) in [6, 6.07) is 1.96. The molecule has 72 valence electrons. The van der Waals surface area contributed by atoms with Gasteiger partial charge >= 0.3 is 0 Å². The molecule has 0 aliphatic heterocycles. The van der Waals surface area contributed by atoms with Crippen LogP contribution in [-0.2, 0) is 0 Å². The highest BCUT2D eigenvalue weighted by Crippen LogP contribution is 2.13. The van der Waals surface area contributed by atoms with Crippen LogP contribution in [0.15, 0.2) is 12.3 Å².